The number of methoxy groups -OCH3 is 1. The van der Waals surface area contributed by atoms with Crippen LogP contribution in [-0.4, -0.2) is 66.4 Å². The second-order valence-electron chi connectivity index (χ2n) is 5.70. The van der Waals surface area contributed by atoms with E-state index in [-0.39, 0.29) is 5.97 Å². The van der Waals surface area contributed by atoms with E-state index in [9.17, 15) is 4.79 Å². The summed E-state index contributed by atoms with van der Waals surface area (Å²) in [7, 11) is 1.39. The lowest BCUT2D eigenvalue weighted by Gasteiger charge is -2.20. The SMILES string of the molecule is COC(=O)c1ccccc1OCCN1CCCCCC1.O=C(O)C(=O)O. The second-order valence-corrected chi connectivity index (χ2v) is 5.70. The molecule has 0 aromatic heterocycles. The van der Waals surface area contributed by atoms with Crippen LogP contribution in [0.25, 0.3) is 0 Å². The number of benzene rings is 1. The van der Waals surface area contributed by atoms with Gasteiger partial charge < -0.3 is 19.7 Å². The van der Waals surface area contributed by atoms with Crippen molar-refractivity contribution in [1.82, 2.24) is 4.90 Å². The van der Waals surface area contributed by atoms with Crippen molar-refractivity contribution in [2.24, 2.45) is 0 Å². The number of carbonyl (C=O) groups is 3. The Morgan fingerprint density at radius 2 is 1.58 bits per heavy atom. The van der Waals surface area contributed by atoms with Crippen LogP contribution in [0.5, 0.6) is 5.75 Å². The molecule has 0 radical (unpaired) electrons. The molecule has 2 rings (SSSR count). The lowest BCUT2D eigenvalue weighted by molar-refractivity contribution is -0.159. The molecule has 1 aliphatic heterocycles. The number of carbonyl (C=O) groups excluding carboxylic acids is 1. The number of rotatable bonds is 5. The molecule has 1 heterocycles. The summed E-state index contributed by atoms with van der Waals surface area (Å²) in [5.41, 5.74) is 0.492. The Labute approximate surface area is 152 Å². The van der Waals surface area contributed by atoms with Gasteiger partial charge in [0.25, 0.3) is 0 Å². The Bertz CT molecular complexity index is 583. The molecule has 1 aliphatic rings. The van der Waals surface area contributed by atoms with Crippen molar-refractivity contribution in [3.05, 3.63) is 29.8 Å². The number of likely N-dealkylation sites (tertiary alicyclic amines) is 1. The summed E-state index contributed by atoms with van der Waals surface area (Å²) in [6.45, 7) is 3.83. The number of nitrogens with zero attached hydrogens (tertiary/aromatic N) is 1. The fourth-order valence-corrected chi connectivity index (χ4v) is 2.52. The van der Waals surface area contributed by atoms with Crippen LogP contribution in [0, 0.1) is 0 Å². The molecule has 1 aromatic carbocycles. The molecule has 26 heavy (non-hydrogen) atoms. The number of ether oxygens (including phenoxy) is 2. The molecule has 1 saturated heterocycles. The maximum Gasteiger partial charge on any atom is 0.414 e. The molecular formula is C18H25NO7. The van der Waals surface area contributed by atoms with Crippen LogP contribution in [0.2, 0.25) is 0 Å². The first-order chi connectivity index (χ1) is 12.5. The van der Waals surface area contributed by atoms with Crippen LogP contribution < -0.4 is 4.74 Å². The van der Waals surface area contributed by atoms with Crippen LogP contribution in [0.3, 0.4) is 0 Å². The van der Waals surface area contributed by atoms with Crippen molar-refractivity contribution in [1.29, 1.82) is 0 Å². The smallest absolute Gasteiger partial charge is 0.414 e. The minimum atomic E-state index is -1.82. The molecule has 8 heteroatoms. The van der Waals surface area contributed by atoms with Crippen molar-refractivity contribution in [3.63, 3.8) is 0 Å². The van der Waals surface area contributed by atoms with Gasteiger partial charge in [-0.2, -0.15) is 0 Å². The van der Waals surface area contributed by atoms with Gasteiger partial charge in [0.2, 0.25) is 0 Å². The first kappa shape index (κ1) is 21.4. The van der Waals surface area contributed by atoms with E-state index in [1.165, 1.54) is 32.8 Å². The largest absolute Gasteiger partial charge is 0.491 e. The third kappa shape index (κ3) is 7.98. The van der Waals surface area contributed by atoms with Gasteiger partial charge in [0.05, 0.1) is 7.11 Å². The van der Waals surface area contributed by atoms with Gasteiger partial charge in [-0.1, -0.05) is 25.0 Å². The number of aliphatic carboxylic acids is 2. The average molecular weight is 367 g/mol. The van der Waals surface area contributed by atoms with E-state index in [0.717, 1.165) is 19.6 Å². The normalized spacial score (nSPS) is 14.3. The van der Waals surface area contributed by atoms with E-state index >= 15 is 0 Å². The molecule has 0 spiro atoms. The number of carboxylic acid groups (broad SMARTS) is 2. The van der Waals surface area contributed by atoms with Crippen molar-refractivity contribution < 1.29 is 34.1 Å². The lowest BCUT2D eigenvalue weighted by Crippen LogP contribution is -2.29. The summed E-state index contributed by atoms with van der Waals surface area (Å²) < 4.78 is 10.5. The predicted molar refractivity (Wildman–Crippen MR) is 93.5 cm³/mol. The molecule has 0 unspecified atom stereocenters. The van der Waals surface area contributed by atoms with Crippen LogP contribution in [0.15, 0.2) is 24.3 Å². The minimum absolute atomic E-state index is 0.352. The molecule has 8 nitrogen and oxygen atoms in total. The molecule has 0 saturated carbocycles. The minimum Gasteiger partial charge on any atom is -0.491 e. The summed E-state index contributed by atoms with van der Waals surface area (Å²) in [5, 5.41) is 14.8. The number of esters is 1. The molecule has 1 fully saturated rings. The van der Waals surface area contributed by atoms with Gasteiger partial charge in [0.1, 0.15) is 17.9 Å². The molecule has 0 bridgehead atoms. The Morgan fingerprint density at radius 1 is 1.00 bits per heavy atom. The number of hydrogen-bond donors (Lipinski definition) is 2. The number of para-hydroxylation sites is 1. The lowest BCUT2D eigenvalue weighted by atomic mass is 10.2. The van der Waals surface area contributed by atoms with Gasteiger partial charge >= 0.3 is 17.9 Å². The third-order valence-electron chi connectivity index (χ3n) is 3.84. The zero-order valence-electron chi connectivity index (χ0n) is 14.8. The van der Waals surface area contributed by atoms with E-state index < -0.39 is 11.9 Å². The topological polar surface area (TPSA) is 113 Å². The summed E-state index contributed by atoms with van der Waals surface area (Å²) >= 11 is 0. The third-order valence-corrected chi connectivity index (χ3v) is 3.84. The highest BCUT2D eigenvalue weighted by Gasteiger charge is 2.13. The summed E-state index contributed by atoms with van der Waals surface area (Å²) in [6.07, 6.45) is 5.22. The van der Waals surface area contributed by atoms with Crippen LogP contribution in [0.4, 0.5) is 0 Å². The van der Waals surface area contributed by atoms with Crippen molar-refractivity contribution in [3.8, 4) is 5.75 Å². The van der Waals surface area contributed by atoms with Gasteiger partial charge in [-0.15, -0.1) is 0 Å². The zero-order valence-corrected chi connectivity index (χ0v) is 14.8. The van der Waals surface area contributed by atoms with E-state index in [1.54, 1.807) is 6.07 Å². The highest BCUT2D eigenvalue weighted by Crippen LogP contribution is 2.19. The van der Waals surface area contributed by atoms with Crippen LogP contribution in [-0.2, 0) is 14.3 Å². The molecule has 0 amide bonds. The van der Waals surface area contributed by atoms with Crippen molar-refractivity contribution >= 4 is 17.9 Å². The predicted octanol–water partition coefficient (Wildman–Crippen LogP) is 1.88. The Kier molecular flexibility index (Phi) is 9.78. The molecule has 144 valence electrons. The molecule has 0 atom stereocenters. The van der Waals surface area contributed by atoms with Crippen LogP contribution >= 0.6 is 0 Å². The van der Waals surface area contributed by atoms with Crippen LogP contribution in [0.1, 0.15) is 36.0 Å². The van der Waals surface area contributed by atoms with E-state index in [1.807, 2.05) is 18.2 Å². The number of hydrogen-bond acceptors (Lipinski definition) is 6. The molecule has 2 N–H and O–H groups in total. The highest BCUT2D eigenvalue weighted by atomic mass is 16.5. The van der Waals surface area contributed by atoms with Crippen molar-refractivity contribution in [2.45, 2.75) is 25.7 Å². The average Bonchev–Trinajstić information content (AvgIpc) is 2.91. The van der Waals surface area contributed by atoms with Gasteiger partial charge in [-0.25, -0.2) is 14.4 Å². The Hall–Kier alpha value is -2.61. The monoisotopic (exact) mass is 367 g/mol. The first-order valence-electron chi connectivity index (χ1n) is 8.44. The molecular weight excluding hydrogens is 342 g/mol. The van der Waals surface area contributed by atoms with E-state index in [4.69, 9.17) is 29.3 Å². The maximum atomic E-state index is 11.6. The summed E-state index contributed by atoms with van der Waals surface area (Å²) in [4.78, 5) is 32.3. The first-order valence-corrected chi connectivity index (χ1v) is 8.44. The van der Waals surface area contributed by atoms with E-state index in [2.05, 4.69) is 4.90 Å². The molecule has 0 aliphatic carbocycles. The highest BCUT2D eigenvalue weighted by molar-refractivity contribution is 6.27. The fourth-order valence-electron chi connectivity index (χ4n) is 2.52. The zero-order chi connectivity index (χ0) is 19.4. The summed E-state index contributed by atoms with van der Waals surface area (Å²) in [5.74, 6) is -3.39. The Morgan fingerprint density at radius 3 is 2.12 bits per heavy atom. The van der Waals surface area contributed by atoms with E-state index in [0.29, 0.717) is 17.9 Å². The van der Waals surface area contributed by atoms with Crippen molar-refractivity contribution in [2.75, 3.05) is 33.4 Å². The standard InChI is InChI=1S/C16H23NO3.C2H2O4/c1-19-16(18)14-8-4-5-9-15(14)20-13-12-17-10-6-2-3-7-11-17;3-1(4)2(5)6/h4-5,8-9H,2-3,6-7,10-13H2,1H3;(H,3,4)(H,5,6). The maximum absolute atomic E-state index is 11.6. The molecule has 1 aromatic rings. The second kappa shape index (κ2) is 11.9. The van der Waals surface area contributed by atoms with Gasteiger partial charge in [0.15, 0.2) is 0 Å². The van der Waals surface area contributed by atoms with Gasteiger partial charge in [-0.05, 0) is 38.1 Å². The van der Waals surface area contributed by atoms with Gasteiger partial charge in [0, 0.05) is 6.54 Å². The number of carboxylic acids is 2. The van der Waals surface area contributed by atoms with Gasteiger partial charge in [-0.3, -0.25) is 4.90 Å². The summed E-state index contributed by atoms with van der Waals surface area (Å²) in [6, 6.07) is 7.23. The Balaban J connectivity index is 0.000000487. The fraction of sp³-hybridized carbons (Fsp3) is 0.500. The quantitative estimate of drug-likeness (QED) is 0.599.